The summed E-state index contributed by atoms with van der Waals surface area (Å²) < 4.78 is 5.31. The van der Waals surface area contributed by atoms with Gasteiger partial charge in [-0.15, -0.1) is 6.58 Å². The topological polar surface area (TPSA) is 29.5 Å². The number of methoxy groups -OCH3 is 1. The van der Waals surface area contributed by atoms with Crippen molar-refractivity contribution in [2.45, 2.75) is 12.8 Å². The first-order chi connectivity index (χ1) is 8.74. The van der Waals surface area contributed by atoms with Crippen molar-refractivity contribution in [3.63, 3.8) is 0 Å². The quantitative estimate of drug-likeness (QED) is 0.745. The fourth-order valence-electron chi connectivity index (χ4n) is 2.34. The van der Waals surface area contributed by atoms with Crippen LogP contribution in [0.1, 0.15) is 12.0 Å². The molecule has 1 aliphatic rings. The van der Waals surface area contributed by atoms with E-state index in [2.05, 4.69) is 6.58 Å². The Hall–Kier alpha value is -1.77. The van der Waals surface area contributed by atoms with E-state index < -0.39 is 0 Å². The van der Waals surface area contributed by atoms with E-state index in [0.717, 1.165) is 30.8 Å². The van der Waals surface area contributed by atoms with Crippen LogP contribution in [0.25, 0.3) is 0 Å². The van der Waals surface area contributed by atoms with Crippen molar-refractivity contribution in [1.82, 2.24) is 4.90 Å². The van der Waals surface area contributed by atoms with Crippen LogP contribution in [-0.4, -0.2) is 31.0 Å². The number of benzene rings is 1. The third-order valence-electron chi connectivity index (χ3n) is 3.42. The first-order valence-electron chi connectivity index (χ1n) is 6.27. The molecule has 1 aromatic rings. The molecule has 1 aromatic carbocycles. The van der Waals surface area contributed by atoms with Gasteiger partial charge in [0.25, 0.3) is 0 Å². The summed E-state index contributed by atoms with van der Waals surface area (Å²) in [6, 6.07) is 7.95. The highest BCUT2D eigenvalue weighted by molar-refractivity contribution is 5.79. The van der Waals surface area contributed by atoms with Crippen molar-refractivity contribution in [2.24, 2.45) is 5.92 Å². The molecule has 1 aliphatic heterocycles. The molecule has 2 rings (SSSR count). The summed E-state index contributed by atoms with van der Waals surface area (Å²) in [7, 11) is 1.67. The van der Waals surface area contributed by atoms with Gasteiger partial charge in [-0.25, -0.2) is 0 Å². The van der Waals surface area contributed by atoms with E-state index in [1.165, 1.54) is 0 Å². The highest BCUT2D eigenvalue weighted by Crippen LogP contribution is 2.21. The molecule has 18 heavy (non-hydrogen) atoms. The fourth-order valence-corrected chi connectivity index (χ4v) is 2.34. The Morgan fingerprint density at radius 1 is 1.50 bits per heavy atom. The van der Waals surface area contributed by atoms with E-state index >= 15 is 0 Å². The minimum Gasteiger partial charge on any atom is -0.496 e. The molecule has 0 spiro atoms. The molecule has 1 amide bonds. The van der Waals surface area contributed by atoms with Crippen LogP contribution in [-0.2, 0) is 11.2 Å². The molecule has 1 fully saturated rings. The summed E-state index contributed by atoms with van der Waals surface area (Å²) >= 11 is 0. The standard InChI is InChI=1S/C15H19NO2/c1-3-12-10-15(17)16(11-12)9-8-13-6-4-5-7-14(13)18-2/h3-7,12H,1,8-11H2,2H3. The summed E-state index contributed by atoms with van der Waals surface area (Å²) in [5.41, 5.74) is 1.15. The smallest absolute Gasteiger partial charge is 0.223 e. The number of amides is 1. The van der Waals surface area contributed by atoms with Gasteiger partial charge in [0.1, 0.15) is 5.75 Å². The Morgan fingerprint density at radius 3 is 2.94 bits per heavy atom. The van der Waals surface area contributed by atoms with E-state index in [4.69, 9.17) is 4.74 Å². The van der Waals surface area contributed by atoms with Crippen LogP contribution < -0.4 is 4.74 Å². The number of carbonyl (C=O) groups excluding carboxylic acids is 1. The number of hydrogen-bond donors (Lipinski definition) is 0. The van der Waals surface area contributed by atoms with Gasteiger partial charge in [-0.05, 0) is 18.1 Å². The Kier molecular flexibility index (Phi) is 4.03. The molecular weight excluding hydrogens is 226 g/mol. The van der Waals surface area contributed by atoms with Gasteiger partial charge in [0, 0.05) is 25.4 Å². The van der Waals surface area contributed by atoms with Crippen LogP contribution in [0.5, 0.6) is 5.75 Å². The minimum absolute atomic E-state index is 0.231. The molecule has 0 saturated carbocycles. The molecule has 96 valence electrons. The van der Waals surface area contributed by atoms with E-state index in [0.29, 0.717) is 12.3 Å². The molecule has 1 saturated heterocycles. The number of rotatable bonds is 5. The lowest BCUT2D eigenvalue weighted by atomic mass is 10.1. The second-order valence-electron chi connectivity index (χ2n) is 4.60. The van der Waals surface area contributed by atoms with Crippen molar-refractivity contribution in [3.8, 4) is 5.75 Å². The Labute approximate surface area is 108 Å². The van der Waals surface area contributed by atoms with Gasteiger partial charge < -0.3 is 9.64 Å². The first kappa shape index (κ1) is 12.7. The average molecular weight is 245 g/mol. The van der Waals surface area contributed by atoms with Crippen LogP contribution in [0, 0.1) is 5.92 Å². The SMILES string of the molecule is C=CC1CC(=O)N(CCc2ccccc2OC)C1. The monoisotopic (exact) mass is 245 g/mol. The molecule has 3 heteroatoms. The maximum Gasteiger partial charge on any atom is 0.223 e. The van der Waals surface area contributed by atoms with Gasteiger partial charge in [0.05, 0.1) is 7.11 Å². The molecule has 3 nitrogen and oxygen atoms in total. The van der Waals surface area contributed by atoms with Crippen LogP contribution >= 0.6 is 0 Å². The maximum atomic E-state index is 11.8. The molecule has 1 atom stereocenters. The third-order valence-corrected chi connectivity index (χ3v) is 3.42. The van der Waals surface area contributed by atoms with Gasteiger partial charge in [-0.2, -0.15) is 0 Å². The molecular formula is C15H19NO2. The van der Waals surface area contributed by atoms with Crippen LogP contribution in [0.3, 0.4) is 0 Å². The number of nitrogens with zero attached hydrogens (tertiary/aromatic N) is 1. The molecule has 1 unspecified atom stereocenters. The molecule has 0 N–H and O–H groups in total. The van der Waals surface area contributed by atoms with Crippen molar-refractivity contribution in [1.29, 1.82) is 0 Å². The fraction of sp³-hybridized carbons (Fsp3) is 0.400. The van der Waals surface area contributed by atoms with E-state index in [9.17, 15) is 4.79 Å². The number of likely N-dealkylation sites (tertiary alicyclic amines) is 1. The van der Waals surface area contributed by atoms with Crippen molar-refractivity contribution >= 4 is 5.91 Å². The van der Waals surface area contributed by atoms with Crippen LogP contribution in [0.4, 0.5) is 0 Å². The van der Waals surface area contributed by atoms with Gasteiger partial charge in [-0.1, -0.05) is 24.3 Å². The summed E-state index contributed by atoms with van der Waals surface area (Å²) in [6.07, 6.45) is 3.32. The Balaban J connectivity index is 1.95. The second-order valence-corrected chi connectivity index (χ2v) is 4.60. The molecule has 0 bridgehead atoms. The predicted molar refractivity (Wildman–Crippen MR) is 71.6 cm³/mol. The molecule has 0 radical (unpaired) electrons. The van der Waals surface area contributed by atoms with Crippen LogP contribution in [0.15, 0.2) is 36.9 Å². The average Bonchev–Trinajstić information content (AvgIpc) is 2.77. The summed E-state index contributed by atoms with van der Waals surface area (Å²) in [5.74, 6) is 1.44. The number of para-hydroxylation sites is 1. The lowest BCUT2D eigenvalue weighted by Gasteiger charge is -2.17. The minimum atomic E-state index is 0.231. The Bertz CT molecular complexity index is 442. The van der Waals surface area contributed by atoms with Crippen molar-refractivity contribution < 1.29 is 9.53 Å². The molecule has 0 aliphatic carbocycles. The highest BCUT2D eigenvalue weighted by Gasteiger charge is 2.27. The largest absolute Gasteiger partial charge is 0.496 e. The zero-order chi connectivity index (χ0) is 13.0. The van der Waals surface area contributed by atoms with Gasteiger partial charge in [-0.3, -0.25) is 4.79 Å². The third kappa shape index (κ3) is 2.73. The lowest BCUT2D eigenvalue weighted by Crippen LogP contribution is -2.27. The number of carbonyl (C=O) groups is 1. The first-order valence-corrected chi connectivity index (χ1v) is 6.27. The van der Waals surface area contributed by atoms with Crippen molar-refractivity contribution in [3.05, 3.63) is 42.5 Å². The van der Waals surface area contributed by atoms with E-state index in [-0.39, 0.29) is 5.91 Å². The molecule has 0 aromatic heterocycles. The zero-order valence-corrected chi connectivity index (χ0v) is 10.8. The predicted octanol–water partition coefficient (Wildman–Crippen LogP) is 2.27. The maximum absolute atomic E-state index is 11.8. The zero-order valence-electron chi connectivity index (χ0n) is 10.8. The van der Waals surface area contributed by atoms with E-state index in [1.54, 1.807) is 7.11 Å². The second kappa shape index (κ2) is 5.71. The summed E-state index contributed by atoms with van der Waals surface area (Å²) in [6.45, 7) is 5.31. The number of ether oxygens (including phenoxy) is 1. The normalized spacial score (nSPS) is 19.1. The van der Waals surface area contributed by atoms with Crippen LogP contribution in [0.2, 0.25) is 0 Å². The van der Waals surface area contributed by atoms with Gasteiger partial charge in [0.15, 0.2) is 0 Å². The lowest BCUT2D eigenvalue weighted by molar-refractivity contribution is -0.127. The summed E-state index contributed by atoms with van der Waals surface area (Å²) in [5, 5.41) is 0. The van der Waals surface area contributed by atoms with Gasteiger partial charge in [0.2, 0.25) is 5.91 Å². The van der Waals surface area contributed by atoms with Gasteiger partial charge >= 0.3 is 0 Å². The molecule has 1 heterocycles. The highest BCUT2D eigenvalue weighted by atomic mass is 16.5. The van der Waals surface area contributed by atoms with Crippen molar-refractivity contribution in [2.75, 3.05) is 20.2 Å². The van der Waals surface area contributed by atoms with E-state index in [1.807, 2.05) is 35.2 Å². The Morgan fingerprint density at radius 2 is 2.28 bits per heavy atom. The number of hydrogen-bond acceptors (Lipinski definition) is 2. The summed E-state index contributed by atoms with van der Waals surface area (Å²) in [4.78, 5) is 13.7.